The molecule has 1 heterocycles. The fourth-order valence-corrected chi connectivity index (χ4v) is 3.73. The van der Waals surface area contributed by atoms with E-state index in [1.54, 1.807) is 18.4 Å². The number of aliphatic imine (C=N–C) groups is 1. The predicted molar refractivity (Wildman–Crippen MR) is 104 cm³/mol. The minimum absolute atomic E-state index is 0.163. The molecule has 0 aliphatic heterocycles. The molecule has 2 aromatic rings. The van der Waals surface area contributed by atoms with Crippen molar-refractivity contribution in [3.63, 3.8) is 0 Å². The predicted octanol–water partition coefficient (Wildman–Crippen LogP) is 2.90. The van der Waals surface area contributed by atoms with Crippen LogP contribution < -0.4 is 15.4 Å². The van der Waals surface area contributed by atoms with Crippen LogP contribution in [-0.4, -0.2) is 38.2 Å². The molecule has 2 N–H and O–H groups in total. The van der Waals surface area contributed by atoms with Crippen LogP contribution in [0.15, 0.2) is 34.6 Å². The summed E-state index contributed by atoms with van der Waals surface area (Å²) in [5.41, 5.74) is 2.59. The van der Waals surface area contributed by atoms with Gasteiger partial charge in [0, 0.05) is 42.9 Å². The monoisotopic (exact) mass is 358 g/mol. The van der Waals surface area contributed by atoms with Gasteiger partial charge < -0.3 is 15.4 Å². The van der Waals surface area contributed by atoms with Crippen LogP contribution in [0.1, 0.15) is 29.1 Å². The van der Waals surface area contributed by atoms with Crippen molar-refractivity contribution in [2.45, 2.75) is 31.6 Å². The summed E-state index contributed by atoms with van der Waals surface area (Å²) in [5, 5.41) is 10.1. The van der Waals surface area contributed by atoms with Gasteiger partial charge in [0.1, 0.15) is 5.75 Å². The summed E-state index contributed by atoms with van der Waals surface area (Å²) < 4.78 is 5.54. The molecule has 0 radical (unpaired) electrons. The maximum atomic E-state index is 5.54. The molecule has 25 heavy (non-hydrogen) atoms. The zero-order valence-corrected chi connectivity index (χ0v) is 15.9. The van der Waals surface area contributed by atoms with Crippen molar-refractivity contribution in [2.24, 2.45) is 4.99 Å². The molecule has 0 unspecified atom stereocenters. The van der Waals surface area contributed by atoms with Gasteiger partial charge in [-0.05, 0) is 25.8 Å². The average Bonchev–Trinajstić information content (AvgIpc) is 3.32. The van der Waals surface area contributed by atoms with Gasteiger partial charge in [0.15, 0.2) is 5.96 Å². The third kappa shape index (κ3) is 4.31. The lowest BCUT2D eigenvalue weighted by molar-refractivity contribution is 0.403. The number of aromatic nitrogens is 1. The topological polar surface area (TPSA) is 58.5 Å². The third-order valence-corrected chi connectivity index (χ3v) is 5.51. The van der Waals surface area contributed by atoms with Crippen molar-refractivity contribution in [2.75, 3.05) is 27.2 Å². The second-order valence-electron chi connectivity index (χ2n) is 6.44. The van der Waals surface area contributed by atoms with Gasteiger partial charge in [0.2, 0.25) is 0 Å². The maximum Gasteiger partial charge on any atom is 0.191 e. The fraction of sp³-hybridized carbons (Fsp3) is 0.474. The molecular formula is C19H26N4OS. The molecule has 1 aliphatic rings. The average molecular weight is 359 g/mol. The standard InChI is InChI=1S/C19H26N4OS/c1-14-23-15(12-25-14)8-11-21-18(20-2)22-13-19(9-10-19)16-6-4-5-7-17(16)24-3/h4-7,12H,8-11,13H2,1-3H3,(H2,20,21,22). The second kappa shape index (κ2) is 7.87. The van der Waals surface area contributed by atoms with Crippen LogP contribution in [0.3, 0.4) is 0 Å². The first-order valence-electron chi connectivity index (χ1n) is 8.66. The number of ether oxygens (including phenoxy) is 1. The van der Waals surface area contributed by atoms with Gasteiger partial charge in [-0.2, -0.15) is 0 Å². The molecule has 3 rings (SSSR count). The van der Waals surface area contributed by atoms with Crippen molar-refractivity contribution < 1.29 is 4.74 Å². The van der Waals surface area contributed by atoms with E-state index in [1.807, 2.05) is 26.1 Å². The van der Waals surface area contributed by atoms with Gasteiger partial charge in [-0.25, -0.2) is 4.98 Å². The first-order chi connectivity index (χ1) is 12.2. The second-order valence-corrected chi connectivity index (χ2v) is 7.50. The van der Waals surface area contributed by atoms with Crippen LogP contribution in [0.5, 0.6) is 5.75 Å². The number of guanidine groups is 1. The van der Waals surface area contributed by atoms with Crippen LogP contribution in [0.4, 0.5) is 0 Å². The Morgan fingerprint density at radius 3 is 2.76 bits per heavy atom. The zero-order valence-electron chi connectivity index (χ0n) is 15.1. The Hall–Kier alpha value is -2.08. The lowest BCUT2D eigenvalue weighted by Gasteiger charge is -2.21. The number of benzene rings is 1. The molecule has 134 valence electrons. The van der Waals surface area contributed by atoms with E-state index in [2.05, 4.69) is 38.1 Å². The Labute approximate surface area is 153 Å². The highest BCUT2D eigenvalue weighted by Gasteiger charge is 2.46. The molecular weight excluding hydrogens is 332 g/mol. The van der Waals surface area contributed by atoms with Crippen molar-refractivity contribution in [1.82, 2.24) is 15.6 Å². The number of methoxy groups -OCH3 is 1. The van der Waals surface area contributed by atoms with Crippen LogP contribution in [0.2, 0.25) is 0 Å². The summed E-state index contributed by atoms with van der Waals surface area (Å²) in [6.45, 7) is 3.72. The van der Waals surface area contributed by atoms with E-state index in [0.29, 0.717) is 0 Å². The number of para-hydroxylation sites is 1. The first kappa shape index (κ1) is 17.7. The Morgan fingerprint density at radius 1 is 1.32 bits per heavy atom. The molecule has 0 bridgehead atoms. The lowest BCUT2D eigenvalue weighted by Crippen LogP contribution is -2.42. The van der Waals surface area contributed by atoms with Gasteiger partial charge in [-0.3, -0.25) is 4.99 Å². The van der Waals surface area contributed by atoms with Gasteiger partial charge in [-0.15, -0.1) is 11.3 Å². The highest BCUT2D eigenvalue weighted by Crippen LogP contribution is 2.50. The zero-order chi connectivity index (χ0) is 17.7. The van der Waals surface area contributed by atoms with Gasteiger partial charge in [0.25, 0.3) is 0 Å². The summed E-state index contributed by atoms with van der Waals surface area (Å²) in [4.78, 5) is 8.83. The Kier molecular flexibility index (Phi) is 5.58. The quantitative estimate of drug-likeness (QED) is 0.590. The van der Waals surface area contributed by atoms with E-state index < -0.39 is 0 Å². The highest BCUT2D eigenvalue weighted by atomic mass is 32.1. The highest BCUT2D eigenvalue weighted by molar-refractivity contribution is 7.09. The van der Waals surface area contributed by atoms with E-state index in [9.17, 15) is 0 Å². The summed E-state index contributed by atoms with van der Waals surface area (Å²) in [5.74, 6) is 1.82. The normalized spacial score (nSPS) is 15.7. The molecule has 5 nitrogen and oxygen atoms in total. The smallest absolute Gasteiger partial charge is 0.191 e. The largest absolute Gasteiger partial charge is 0.496 e. The van der Waals surface area contributed by atoms with Gasteiger partial charge >= 0.3 is 0 Å². The summed E-state index contributed by atoms with van der Waals surface area (Å²) in [6, 6.07) is 8.32. The minimum atomic E-state index is 0.163. The van der Waals surface area contributed by atoms with E-state index >= 15 is 0 Å². The number of thiazole rings is 1. The summed E-state index contributed by atoms with van der Waals surface area (Å²) in [7, 11) is 3.55. The Morgan fingerprint density at radius 2 is 2.12 bits per heavy atom. The van der Waals surface area contributed by atoms with E-state index in [-0.39, 0.29) is 5.41 Å². The van der Waals surface area contributed by atoms with Gasteiger partial charge in [0.05, 0.1) is 17.8 Å². The Balaban J connectivity index is 1.52. The van der Waals surface area contributed by atoms with Crippen molar-refractivity contribution >= 4 is 17.3 Å². The van der Waals surface area contributed by atoms with E-state index in [4.69, 9.17) is 4.74 Å². The molecule has 0 amide bonds. The van der Waals surface area contributed by atoms with Crippen molar-refractivity contribution in [1.29, 1.82) is 0 Å². The number of rotatable bonds is 7. The van der Waals surface area contributed by atoms with E-state index in [1.165, 1.54) is 18.4 Å². The SMILES string of the molecule is CN=C(NCCc1csc(C)n1)NCC1(c2ccccc2OC)CC1. The van der Waals surface area contributed by atoms with Crippen molar-refractivity contribution in [3.8, 4) is 5.75 Å². The molecule has 6 heteroatoms. The first-order valence-corrected chi connectivity index (χ1v) is 9.54. The number of nitrogens with zero attached hydrogens (tertiary/aromatic N) is 2. The number of nitrogens with one attached hydrogen (secondary N) is 2. The molecule has 1 saturated carbocycles. The molecule has 1 aliphatic carbocycles. The molecule has 0 atom stereocenters. The molecule has 1 aromatic carbocycles. The molecule has 0 spiro atoms. The summed E-state index contributed by atoms with van der Waals surface area (Å²) >= 11 is 1.70. The molecule has 1 aromatic heterocycles. The molecule has 1 fully saturated rings. The third-order valence-electron chi connectivity index (χ3n) is 4.69. The summed E-state index contributed by atoms with van der Waals surface area (Å²) in [6.07, 6.45) is 3.26. The number of hydrogen-bond donors (Lipinski definition) is 2. The minimum Gasteiger partial charge on any atom is -0.496 e. The van der Waals surface area contributed by atoms with E-state index in [0.717, 1.165) is 41.9 Å². The maximum absolute atomic E-state index is 5.54. The van der Waals surface area contributed by atoms with Crippen LogP contribution >= 0.6 is 11.3 Å². The van der Waals surface area contributed by atoms with Crippen molar-refractivity contribution in [3.05, 3.63) is 45.9 Å². The van der Waals surface area contributed by atoms with Crippen LogP contribution in [0, 0.1) is 6.92 Å². The van der Waals surface area contributed by atoms with Gasteiger partial charge in [-0.1, -0.05) is 18.2 Å². The Bertz CT molecular complexity index is 737. The van der Waals surface area contributed by atoms with Crippen LogP contribution in [-0.2, 0) is 11.8 Å². The molecule has 0 saturated heterocycles. The number of hydrogen-bond acceptors (Lipinski definition) is 4. The lowest BCUT2D eigenvalue weighted by atomic mass is 9.95. The van der Waals surface area contributed by atoms with Crippen LogP contribution in [0.25, 0.3) is 0 Å². The number of aryl methyl sites for hydroxylation is 1. The fourth-order valence-electron chi connectivity index (χ4n) is 3.08.